The van der Waals surface area contributed by atoms with Crippen LogP contribution in [0.1, 0.15) is 5.56 Å². The molecule has 0 aliphatic carbocycles. The van der Waals surface area contributed by atoms with Crippen LogP contribution < -0.4 is 4.74 Å². The van der Waals surface area contributed by atoms with Crippen LogP contribution in [0, 0.1) is 0 Å². The predicted octanol–water partition coefficient (Wildman–Crippen LogP) is 2.43. The number of likely N-dealkylation sites (N-methyl/N-ethyl adjacent to an activating group) is 1. The van der Waals surface area contributed by atoms with Gasteiger partial charge in [-0.15, -0.1) is 0 Å². The van der Waals surface area contributed by atoms with Gasteiger partial charge in [0.15, 0.2) is 0 Å². The fourth-order valence-corrected chi connectivity index (χ4v) is 2.64. The molecule has 2 aromatic rings. The number of methoxy groups -OCH3 is 1. The van der Waals surface area contributed by atoms with E-state index >= 15 is 0 Å². The summed E-state index contributed by atoms with van der Waals surface area (Å²) in [6.45, 7) is 4.11. The summed E-state index contributed by atoms with van der Waals surface area (Å²) < 4.78 is 5.43. The third kappa shape index (κ3) is 3.00. The Hall–Kier alpha value is -2.07. The molecule has 0 saturated carbocycles. The van der Waals surface area contributed by atoms with Gasteiger partial charge in [-0.25, -0.2) is 0 Å². The fraction of sp³-hybridized carbons (Fsp3) is 0.353. The molecular formula is C17H21N3O. The first-order valence-corrected chi connectivity index (χ1v) is 7.31. The number of rotatable bonds is 3. The molecule has 21 heavy (non-hydrogen) atoms. The van der Waals surface area contributed by atoms with Gasteiger partial charge in [-0.05, 0) is 24.6 Å². The van der Waals surface area contributed by atoms with Crippen molar-refractivity contribution in [1.82, 2.24) is 9.91 Å². The molecule has 2 aromatic carbocycles. The molecule has 1 fully saturated rings. The summed E-state index contributed by atoms with van der Waals surface area (Å²) in [6, 6.07) is 12.4. The quantitative estimate of drug-likeness (QED) is 0.810. The smallest absolute Gasteiger partial charge is 0.126 e. The number of piperazine rings is 1. The van der Waals surface area contributed by atoms with Crippen molar-refractivity contribution in [1.29, 1.82) is 0 Å². The summed E-state index contributed by atoms with van der Waals surface area (Å²) in [6.07, 6.45) is 1.97. The summed E-state index contributed by atoms with van der Waals surface area (Å²) in [5.74, 6) is 0.905. The molecular weight excluding hydrogens is 262 g/mol. The topological polar surface area (TPSA) is 28.1 Å². The summed E-state index contributed by atoms with van der Waals surface area (Å²) >= 11 is 0. The number of fused-ring (bicyclic) bond motifs is 1. The Morgan fingerprint density at radius 2 is 1.71 bits per heavy atom. The molecule has 3 rings (SSSR count). The van der Waals surface area contributed by atoms with Crippen molar-refractivity contribution in [3.63, 3.8) is 0 Å². The first kappa shape index (κ1) is 13.9. The van der Waals surface area contributed by atoms with Crippen LogP contribution in [0.5, 0.6) is 5.75 Å². The molecule has 0 radical (unpaired) electrons. The van der Waals surface area contributed by atoms with Crippen molar-refractivity contribution in [3.8, 4) is 5.75 Å². The van der Waals surface area contributed by atoms with E-state index in [2.05, 4.69) is 46.3 Å². The fourth-order valence-electron chi connectivity index (χ4n) is 2.64. The van der Waals surface area contributed by atoms with Crippen molar-refractivity contribution in [3.05, 3.63) is 42.0 Å². The van der Waals surface area contributed by atoms with Crippen molar-refractivity contribution < 1.29 is 4.74 Å². The van der Waals surface area contributed by atoms with Crippen LogP contribution >= 0.6 is 0 Å². The molecule has 0 amide bonds. The lowest BCUT2D eigenvalue weighted by Crippen LogP contribution is -2.41. The monoisotopic (exact) mass is 283 g/mol. The van der Waals surface area contributed by atoms with Crippen molar-refractivity contribution in [2.45, 2.75) is 0 Å². The summed E-state index contributed by atoms with van der Waals surface area (Å²) in [4.78, 5) is 2.33. The van der Waals surface area contributed by atoms with E-state index in [-0.39, 0.29) is 0 Å². The molecule has 0 unspecified atom stereocenters. The Morgan fingerprint density at radius 1 is 1.00 bits per heavy atom. The lowest BCUT2D eigenvalue weighted by atomic mass is 10.0. The number of nitrogens with zero attached hydrogens (tertiary/aromatic N) is 3. The third-order valence-electron chi connectivity index (χ3n) is 3.98. The highest BCUT2D eigenvalue weighted by molar-refractivity contribution is 6.02. The van der Waals surface area contributed by atoms with E-state index in [1.165, 1.54) is 5.39 Å². The normalized spacial score (nSPS) is 16.8. The highest BCUT2D eigenvalue weighted by Crippen LogP contribution is 2.27. The standard InChI is InChI=1S/C17H21N3O/c1-19-9-11-20(12-10-19)18-13-14-7-8-17(21-2)16-6-4-3-5-15(14)16/h3-8,13H,9-12H2,1-2H3/b18-13+. The second-order valence-corrected chi connectivity index (χ2v) is 5.40. The predicted molar refractivity (Wildman–Crippen MR) is 87.2 cm³/mol. The van der Waals surface area contributed by atoms with Gasteiger partial charge in [0.05, 0.1) is 13.3 Å². The largest absolute Gasteiger partial charge is 0.496 e. The number of ether oxygens (including phenoxy) is 1. The van der Waals surface area contributed by atoms with E-state index < -0.39 is 0 Å². The molecule has 0 bridgehead atoms. The van der Waals surface area contributed by atoms with Crippen LogP contribution in [0.4, 0.5) is 0 Å². The molecule has 4 heteroatoms. The zero-order chi connectivity index (χ0) is 14.7. The molecule has 1 aliphatic heterocycles. The zero-order valence-corrected chi connectivity index (χ0v) is 12.6. The molecule has 4 nitrogen and oxygen atoms in total. The summed E-state index contributed by atoms with van der Waals surface area (Å²) in [5.41, 5.74) is 1.13. The Bertz CT molecular complexity index is 646. The maximum atomic E-state index is 5.43. The Kier molecular flexibility index (Phi) is 4.06. The molecule has 0 aromatic heterocycles. The molecule has 110 valence electrons. The first-order chi connectivity index (χ1) is 10.3. The van der Waals surface area contributed by atoms with Crippen LogP contribution in [-0.2, 0) is 0 Å². The lowest BCUT2D eigenvalue weighted by Gasteiger charge is -2.30. The van der Waals surface area contributed by atoms with E-state index in [1.54, 1.807) is 7.11 Å². The van der Waals surface area contributed by atoms with E-state index in [4.69, 9.17) is 4.74 Å². The Morgan fingerprint density at radius 3 is 2.43 bits per heavy atom. The van der Waals surface area contributed by atoms with Gasteiger partial charge in [0, 0.05) is 37.1 Å². The van der Waals surface area contributed by atoms with E-state index in [1.807, 2.05) is 18.3 Å². The number of benzene rings is 2. The van der Waals surface area contributed by atoms with Crippen LogP contribution in [0.3, 0.4) is 0 Å². The third-order valence-corrected chi connectivity index (χ3v) is 3.98. The summed E-state index contributed by atoms with van der Waals surface area (Å²) in [7, 11) is 3.86. The average Bonchev–Trinajstić information content (AvgIpc) is 2.54. The zero-order valence-electron chi connectivity index (χ0n) is 12.6. The molecule has 0 N–H and O–H groups in total. The van der Waals surface area contributed by atoms with Crippen LogP contribution in [0.15, 0.2) is 41.5 Å². The second kappa shape index (κ2) is 6.14. The molecule has 1 saturated heterocycles. The highest BCUT2D eigenvalue weighted by Gasteiger charge is 2.11. The van der Waals surface area contributed by atoms with Gasteiger partial charge in [-0.1, -0.05) is 24.3 Å². The minimum absolute atomic E-state index is 0.905. The highest BCUT2D eigenvalue weighted by atomic mass is 16.5. The SMILES string of the molecule is COc1ccc(/C=N/N2CCN(C)CC2)c2ccccc12. The number of hydrogen-bond acceptors (Lipinski definition) is 4. The Labute approximate surface area is 125 Å². The van der Waals surface area contributed by atoms with E-state index in [0.29, 0.717) is 0 Å². The minimum atomic E-state index is 0.905. The van der Waals surface area contributed by atoms with Crippen LogP contribution in [-0.4, -0.2) is 56.5 Å². The van der Waals surface area contributed by atoms with Gasteiger partial charge >= 0.3 is 0 Å². The Balaban J connectivity index is 1.87. The minimum Gasteiger partial charge on any atom is -0.496 e. The second-order valence-electron chi connectivity index (χ2n) is 5.40. The molecule has 0 spiro atoms. The average molecular weight is 283 g/mol. The number of hydrogen-bond donors (Lipinski definition) is 0. The van der Waals surface area contributed by atoms with Gasteiger partial charge < -0.3 is 9.64 Å². The van der Waals surface area contributed by atoms with Gasteiger partial charge in [0.25, 0.3) is 0 Å². The van der Waals surface area contributed by atoms with Crippen molar-refractivity contribution >= 4 is 17.0 Å². The van der Waals surface area contributed by atoms with E-state index in [9.17, 15) is 0 Å². The van der Waals surface area contributed by atoms with Gasteiger partial charge in [0.2, 0.25) is 0 Å². The lowest BCUT2D eigenvalue weighted by molar-refractivity contribution is 0.159. The first-order valence-electron chi connectivity index (χ1n) is 7.31. The maximum absolute atomic E-state index is 5.43. The summed E-state index contributed by atoms with van der Waals surface area (Å²) in [5, 5.41) is 9.08. The van der Waals surface area contributed by atoms with Gasteiger partial charge in [0.1, 0.15) is 5.75 Å². The van der Waals surface area contributed by atoms with E-state index in [0.717, 1.165) is 42.9 Å². The van der Waals surface area contributed by atoms with Crippen LogP contribution in [0.25, 0.3) is 10.8 Å². The molecule has 1 aliphatic rings. The van der Waals surface area contributed by atoms with Gasteiger partial charge in [-0.3, -0.25) is 5.01 Å². The number of hydrazone groups is 1. The molecule has 1 heterocycles. The van der Waals surface area contributed by atoms with Crippen molar-refractivity contribution in [2.24, 2.45) is 5.10 Å². The van der Waals surface area contributed by atoms with Crippen molar-refractivity contribution in [2.75, 3.05) is 40.3 Å². The molecule has 0 atom stereocenters. The maximum Gasteiger partial charge on any atom is 0.126 e. The van der Waals surface area contributed by atoms with Crippen LogP contribution in [0.2, 0.25) is 0 Å². The van der Waals surface area contributed by atoms with Gasteiger partial charge in [-0.2, -0.15) is 5.10 Å².